The Balaban J connectivity index is 2.05. The summed E-state index contributed by atoms with van der Waals surface area (Å²) in [6.07, 6.45) is 0.536. The van der Waals surface area contributed by atoms with Gasteiger partial charge in [-0.2, -0.15) is 0 Å². The Kier molecular flexibility index (Phi) is 4.16. The van der Waals surface area contributed by atoms with E-state index in [-0.39, 0.29) is 23.0 Å². The van der Waals surface area contributed by atoms with Crippen LogP contribution in [0.5, 0.6) is 0 Å². The van der Waals surface area contributed by atoms with Crippen molar-refractivity contribution in [3.63, 3.8) is 0 Å². The highest BCUT2D eigenvalue weighted by Gasteiger charge is 2.14. The molecule has 0 aliphatic rings. The van der Waals surface area contributed by atoms with Gasteiger partial charge in [0.1, 0.15) is 11.3 Å². The first-order chi connectivity index (χ1) is 11.0. The van der Waals surface area contributed by atoms with E-state index >= 15 is 0 Å². The van der Waals surface area contributed by atoms with Crippen LogP contribution in [0.25, 0.3) is 11.2 Å². The van der Waals surface area contributed by atoms with Crippen molar-refractivity contribution in [2.24, 2.45) is 0 Å². The zero-order valence-electron chi connectivity index (χ0n) is 12.2. The van der Waals surface area contributed by atoms with Gasteiger partial charge in [-0.05, 0) is 5.56 Å². The lowest BCUT2D eigenvalue weighted by atomic mass is 10.2. The highest BCUT2D eigenvalue weighted by molar-refractivity contribution is 7.96. The highest BCUT2D eigenvalue weighted by atomic mass is 32.1. The highest BCUT2D eigenvalue weighted by Crippen LogP contribution is 2.16. The molecule has 0 fully saturated rings. The summed E-state index contributed by atoms with van der Waals surface area (Å²) < 4.78 is 1.51. The number of nitrogens with two attached hydrogens (primary N) is 1. The zero-order chi connectivity index (χ0) is 16.4. The summed E-state index contributed by atoms with van der Waals surface area (Å²) in [5.74, 6) is 0.610. The van der Waals surface area contributed by atoms with Crippen molar-refractivity contribution in [3.05, 3.63) is 52.2 Å². The third-order valence-electron chi connectivity index (χ3n) is 3.44. The fourth-order valence-electron chi connectivity index (χ4n) is 2.34. The SMILES string of the molecule is Nc1nc(CCC(=O)S)nc2c1[nH]c(=O)n2Cc1ccccc1. The molecule has 0 saturated heterocycles. The number of nitrogens with one attached hydrogen (secondary N) is 1. The lowest BCUT2D eigenvalue weighted by molar-refractivity contribution is -0.110. The number of aromatic amines is 1. The minimum Gasteiger partial charge on any atom is -0.382 e. The Bertz CT molecular complexity index is 917. The number of aryl methyl sites for hydroxylation is 1. The molecule has 3 N–H and O–H groups in total. The summed E-state index contributed by atoms with van der Waals surface area (Å²) in [5.41, 5.74) is 7.42. The number of nitrogen functional groups attached to an aromatic ring is 1. The van der Waals surface area contributed by atoms with Crippen molar-refractivity contribution in [3.8, 4) is 0 Å². The summed E-state index contributed by atoms with van der Waals surface area (Å²) in [4.78, 5) is 34.4. The smallest absolute Gasteiger partial charge is 0.328 e. The maximum absolute atomic E-state index is 12.2. The number of imidazole rings is 1. The van der Waals surface area contributed by atoms with Crippen LogP contribution >= 0.6 is 12.6 Å². The van der Waals surface area contributed by atoms with E-state index in [2.05, 4.69) is 27.6 Å². The van der Waals surface area contributed by atoms with E-state index in [4.69, 9.17) is 5.73 Å². The molecule has 0 spiro atoms. The molecular formula is C15H15N5O2S. The second-order valence-electron chi connectivity index (χ2n) is 5.12. The quantitative estimate of drug-likeness (QED) is 0.609. The van der Waals surface area contributed by atoms with Gasteiger partial charge in [-0.15, -0.1) is 12.6 Å². The Morgan fingerprint density at radius 1 is 1.26 bits per heavy atom. The van der Waals surface area contributed by atoms with E-state index < -0.39 is 0 Å². The summed E-state index contributed by atoms with van der Waals surface area (Å²) in [5, 5.41) is -0.247. The number of anilines is 1. The van der Waals surface area contributed by atoms with Crippen molar-refractivity contribution in [2.45, 2.75) is 19.4 Å². The number of carbonyl (C=O) groups is 1. The van der Waals surface area contributed by atoms with Gasteiger partial charge in [-0.25, -0.2) is 14.8 Å². The monoisotopic (exact) mass is 329 g/mol. The molecule has 0 aliphatic heterocycles. The second kappa shape index (κ2) is 6.25. The van der Waals surface area contributed by atoms with Gasteiger partial charge >= 0.3 is 5.69 Å². The van der Waals surface area contributed by atoms with Gasteiger partial charge in [-0.3, -0.25) is 9.36 Å². The van der Waals surface area contributed by atoms with Crippen LogP contribution in [-0.2, 0) is 17.8 Å². The van der Waals surface area contributed by atoms with E-state index in [1.807, 2.05) is 30.3 Å². The van der Waals surface area contributed by atoms with Crippen LogP contribution in [0.4, 0.5) is 5.82 Å². The van der Waals surface area contributed by atoms with Crippen LogP contribution < -0.4 is 11.4 Å². The number of nitrogens with zero attached hydrogens (tertiary/aromatic N) is 3. The molecule has 118 valence electrons. The maximum atomic E-state index is 12.2. The number of hydrogen-bond donors (Lipinski definition) is 3. The fraction of sp³-hybridized carbons (Fsp3) is 0.200. The average Bonchev–Trinajstić information content (AvgIpc) is 2.83. The molecule has 23 heavy (non-hydrogen) atoms. The zero-order valence-corrected chi connectivity index (χ0v) is 13.1. The van der Waals surface area contributed by atoms with E-state index in [0.29, 0.717) is 30.0 Å². The molecule has 8 heteroatoms. The second-order valence-corrected chi connectivity index (χ2v) is 5.62. The minimum atomic E-state index is -0.299. The van der Waals surface area contributed by atoms with Crippen LogP contribution in [0.15, 0.2) is 35.1 Å². The van der Waals surface area contributed by atoms with Gasteiger partial charge in [0.2, 0.25) is 0 Å². The molecule has 3 aromatic rings. The van der Waals surface area contributed by atoms with Crippen molar-refractivity contribution >= 4 is 34.7 Å². The lowest BCUT2D eigenvalue weighted by Gasteiger charge is -2.05. The molecule has 0 saturated carbocycles. The van der Waals surface area contributed by atoms with Crippen LogP contribution in [0.2, 0.25) is 0 Å². The standard InChI is InChI=1S/C15H15N5O2S/c16-13-12-14(18-10(17-13)6-7-11(21)23)20(15(22)19-12)8-9-4-2-1-3-5-9/h1-5H,6-8H2,(H,19,22)(H,21,23)(H2,16,17,18). The largest absolute Gasteiger partial charge is 0.382 e. The van der Waals surface area contributed by atoms with E-state index in [1.54, 1.807) is 0 Å². The number of fused-ring (bicyclic) bond motifs is 1. The van der Waals surface area contributed by atoms with Crippen LogP contribution in [0.1, 0.15) is 17.8 Å². The van der Waals surface area contributed by atoms with Gasteiger partial charge in [0.15, 0.2) is 16.6 Å². The number of hydrogen-bond acceptors (Lipinski definition) is 5. The molecule has 7 nitrogen and oxygen atoms in total. The molecule has 0 amide bonds. The van der Waals surface area contributed by atoms with Crippen LogP contribution in [-0.4, -0.2) is 24.6 Å². The Hall–Kier alpha value is -2.61. The van der Waals surface area contributed by atoms with E-state index in [0.717, 1.165) is 5.56 Å². The molecular weight excluding hydrogens is 314 g/mol. The predicted molar refractivity (Wildman–Crippen MR) is 90.4 cm³/mol. The predicted octanol–water partition coefficient (Wildman–Crippen LogP) is 1.14. The number of aromatic nitrogens is 4. The molecule has 2 heterocycles. The number of H-pyrrole nitrogens is 1. The number of benzene rings is 1. The van der Waals surface area contributed by atoms with Gasteiger partial charge in [0.05, 0.1) is 6.54 Å². The first kappa shape index (κ1) is 15.3. The Morgan fingerprint density at radius 3 is 2.70 bits per heavy atom. The third kappa shape index (κ3) is 3.26. The summed E-state index contributed by atoms with van der Waals surface area (Å²) >= 11 is 3.73. The Labute approximate surface area is 137 Å². The molecule has 1 aromatic carbocycles. The number of carbonyl (C=O) groups excluding carboxylic acids is 1. The van der Waals surface area contributed by atoms with Crippen LogP contribution in [0.3, 0.4) is 0 Å². The summed E-state index contributed by atoms with van der Waals surface area (Å²) in [7, 11) is 0. The fourth-order valence-corrected chi connectivity index (χ4v) is 2.45. The molecule has 2 aromatic heterocycles. The van der Waals surface area contributed by atoms with Crippen molar-refractivity contribution in [2.75, 3.05) is 5.73 Å². The topological polar surface area (TPSA) is 107 Å². The van der Waals surface area contributed by atoms with Crippen LogP contribution in [0, 0.1) is 0 Å². The molecule has 3 rings (SSSR count). The van der Waals surface area contributed by atoms with Gasteiger partial charge in [0, 0.05) is 12.8 Å². The Morgan fingerprint density at radius 2 is 2.00 bits per heavy atom. The molecule has 0 aliphatic carbocycles. The van der Waals surface area contributed by atoms with Gasteiger partial charge in [-0.1, -0.05) is 30.3 Å². The normalized spacial score (nSPS) is 11.0. The van der Waals surface area contributed by atoms with E-state index in [9.17, 15) is 9.59 Å². The minimum absolute atomic E-state index is 0.195. The molecule has 0 radical (unpaired) electrons. The lowest BCUT2D eigenvalue weighted by Crippen LogP contribution is -2.17. The van der Waals surface area contributed by atoms with Crippen molar-refractivity contribution in [1.29, 1.82) is 0 Å². The summed E-state index contributed by atoms with van der Waals surface area (Å²) in [6.45, 7) is 0.376. The maximum Gasteiger partial charge on any atom is 0.328 e. The molecule has 0 bridgehead atoms. The van der Waals surface area contributed by atoms with Gasteiger partial charge < -0.3 is 10.7 Å². The van der Waals surface area contributed by atoms with Gasteiger partial charge in [0.25, 0.3) is 0 Å². The first-order valence-electron chi connectivity index (χ1n) is 7.05. The first-order valence-corrected chi connectivity index (χ1v) is 7.50. The number of thiol groups is 1. The van der Waals surface area contributed by atoms with E-state index in [1.165, 1.54) is 4.57 Å². The van der Waals surface area contributed by atoms with Crippen molar-refractivity contribution in [1.82, 2.24) is 19.5 Å². The summed E-state index contributed by atoms with van der Waals surface area (Å²) in [6, 6.07) is 9.57. The average molecular weight is 329 g/mol. The number of rotatable bonds is 5. The molecule has 0 atom stereocenters. The third-order valence-corrected chi connectivity index (χ3v) is 3.67. The van der Waals surface area contributed by atoms with Crippen molar-refractivity contribution < 1.29 is 4.79 Å². The molecule has 0 unspecified atom stereocenters.